The average molecular weight is 700 g/mol. The van der Waals surface area contributed by atoms with Crippen molar-refractivity contribution in [2.24, 2.45) is 0 Å². The SMILES string of the molecule is N#Cc1ccc(-c2ccc(-n3c4ccccc4c4cccc(C#N)c43)cc2)c(-n2c3ccccc3c3c(-n4c5ccccc5c5ccccc54)cccc32)c1. The lowest BCUT2D eigenvalue weighted by molar-refractivity contribution is 1.16. The van der Waals surface area contributed by atoms with E-state index in [2.05, 4.69) is 165 Å². The van der Waals surface area contributed by atoms with E-state index in [0.717, 1.165) is 82.8 Å². The topological polar surface area (TPSA) is 62.4 Å². The molecule has 0 aliphatic carbocycles. The molecule has 0 unspecified atom stereocenters. The van der Waals surface area contributed by atoms with Gasteiger partial charge in [-0.3, -0.25) is 0 Å². The summed E-state index contributed by atoms with van der Waals surface area (Å²) in [5.41, 5.74) is 12.7. The second-order valence-corrected chi connectivity index (χ2v) is 14.0. The quantitative estimate of drug-likeness (QED) is 0.184. The van der Waals surface area contributed by atoms with Gasteiger partial charge in [-0.25, -0.2) is 0 Å². The van der Waals surface area contributed by atoms with Crippen LogP contribution in [0.1, 0.15) is 11.1 Å². The number of aromatic nitrogens is 3. The third-order valence-electron chi connectivity index (χ3n) is 11.1. The van der Waals surface area contributed by atoms with Crippen molar-refractivity contribution in [3.63, 3.8) is 0 Å². The Morgan fingerprint density at radius 3 is 1.56 bits per heavy atom. The lowest BCUT2D eigenvalue weighted by Gasteiger charge is -2.16. The number of fused-ring (bicyclic) bond motifs is 9. The van der Waals surface area contributed by atoms with E-state index in [1.54, 1.807) is 0 Å². The van der Waals surface area contributed by atoms with Crippen LogP contribution >= 0.6 is 0 Å². The Labute approximate surface area is 316 Å². The first-order valence-electron chi connectivity index (χ1n) is 18.3. The molecule has 0 aliphatic heterocycles. The highest BCUT2D eigenvalue weighted by Gasteiger charge is 2.22. The van der Waals surface area contributed by atoms with Gasteiger partial charge in [0, 0.05) is 43.6 Å². The van der Waals surface area contributed by atoms with Gasteiger partial charge >= 0.3 is 0 Å². The zero-order valence-corrected chi connectivity index (χ0v) is 29.5. The van der Waals surface area contributed by atoms with Gasteiger partial charge in [0.1, 0.15) is 6.07 Å². The molecular weight excluding hydrogens is 671 g/mol. The molecular formula is C50H29N5. The molecule has 5 nitrogen and oxygen atoms in total. The van der Waals surface area contributed by atoms with Crippen LogP contribution in [0.25, 0.3) is 93.6 Å². The summed E-state index contributed by atoms with van der Waals surface area (Å²) in [6, 6.07) is 65.9. The predicted octanol–water partition coefficient (Wildman–Crippen LogP) is 12.4. The molecule has 0 atom stereocenters. The zero-order chi connectivity index (χ0) is 36.6. The van der Waals surface area contributed by atoms with Gasteiger partial charge in [0.15, 0.2) is 0 Å². The standard InChI is InChI=1S/C50H29N5/c51-30-32-23-28-36(33-24-26-35(27-25-33)53-42-17-5-3-14-39(42)40-16-9-11-34(31-52)50(40)53)48(29-32)55-45-20-8-4-15-41(45)49-46(21-10-22-47(49)55)54-43-18-6-1-12-37(43)38-13-2-7-19-44(38)54/h1-29H. The van der Waals surface area contributed by atoms with Crippen LogP contribution in [0.5, 0.6) is 0 Å². The first-order valence-corrected chi connectivity index (χ1v) is 18.3. The van der Waals surface area contributed by atoms with Gasteiger partial charge in [-0.1, -0.05) is 109 Å². The summed E-state index contributed by atoms with van der Waals surface area (Å²) >= 11 is 0. The molecule has 3 aromatic heterocycles. The molecule has 0 saturated carbocycles. The van der Waals surface area contributed by atoms with Gasteiger partial charge in [-0.15, -0.1) is 0 Å². The highest BCUT2D eigenvalue weighted by atomic mass is 15.0. The van der Waals surface area contributed by atoms with Crippen molar-refractivity contribution in [3.8, 4) is 40.3 Å². The maximum absolute atomic E-state index is 10.2. The number of hydrogen-bond donors (Lipinski definition) is 0. The Kier molecular flexibility index (Phi) is 6.61. The van der Waals surface area contributed by atoms with E-state index < -0.39 is 0 Å². The molecule has 254 valence electrons. The number of rotatable bonds is 4. The number of para-hydroxylation sites is 5. The lowest BCUT2D eigenvalue weighted by Crippen LogP contribution is -2.00. The number of hydrogen-bond acceptors (Lipinski definition) is 2. The van der Waals surface area contributed by atoms with E-state index in [4.69, 9.17) is 0 Å². The summed E-state index contributed by atoms with van der Waals surface area (Å²) in [6.45, 7) is 0. The van der Waals surface area contributed by atoms with Crippen LogP contribution in [0.4, 0.5) is 0 Å². The van der Waals surface area contributed by atoms with Crippen molar-refractivity contribution in [1.29, 1.82) is 10.5 Å². The molecule has 11 aromatic rings. The van der Waals surface area contributed by atoms with Crippen molar-refractivity contribution < 1.29 is 0 Å². The predicted molar refractivity (Wildman–Crippen MR) is 224 cm³/mol. The molecule has 0 bridgehead atoms. The smallest absolute Gasteiger partial charge is 0.101 e. The molecule has 0 saturated heterocycles. The highest BCUT2D eigenvalue weighted by Crippen LogP contribution is 2.42. The van der Waals surface area contributed by atoms with Gasteiger partial charge in [0.05, 0.1) is 61.7 Å². The van der Waals surface area contributed by atoms with Crippen LogP contribution in [-0.2, 0) is 0 Å². The molecule has 0 spiro atoms. The highest BCUT2D eigenvalue weighted by molar-refractivity contribution is 6.17. The lowest BCUT2D eigenvalue weighted by atomic mass is 10.0. The molecule has 11 rings (SSSR count). The average Bonchev–Trinajstić information content (AvgIpc) is 3.89. The Hall–Kier alpha value is -7.86. The first-order chi connectivity index (χ1) is 27.2. The van der Waals surface area contributed by atoms with Crippen molar-refractivity contribution in [2.75, 3.05) is 0 Å². The van der Waals surface area contributed by atoms with Crippen LogP contribution in [-0.4, -0.2) is 13.7 Å². The third kappa shape index (κ3) is 4.39. The van der Waals surface area contributed by atoms with Gasteiger partial charge in [0.2, 0.25) is 0 Å². The molecule has 3 heterocycles. The minimum absolute atomic E-state index is 0.592. The van der Waals surface area contributed by atoms with Crippen LogP contribution < -0.4 is 0 Å². The monoisotopic (exact) mass is 699 g/mol. The summed E-state index contributed by atoms with van der Waals surface area (Å²) in [7, 11) is 0. The molecule has 0 fully saturated rings. The molecule has 0 aliphatic rings. The molecule has 8 aromatic carbocycles. The molecule has 0 radical (unpaired) electrons. The molecule has 55 heavy (non-hydrogen) atoms. The van der Waals surface area contributed by atoms with Crippen molar-refractivity contribution in [1.82, 2.24) is 13.7 Å². The molecule has 5 heteroatoms. The summed E-state index contributed by atoms with van der Waals surface area (Å²) in [5.74, 6) is 0. The van der Waals surface area contributed by atoms with E-state index >= 15 is 0 Å². The van der Waals surface area contributed by atoms with Gasteiger partial charge < -0.3 is 13.7 Å². The van der Waals surface area contributed by atoms with E-state index in [0.29, 0.717) is 11.1 Å². The van der Waals surface area contributed by atoms with Crippen molar-refractivity contribution >= 4 is 65.4 Å². The number of benzene rings is 8. The van der Waals surface area contributed by atoms with Crippen LogP contribution in [0.3, 0.4) is 0 Å². The number of nitriles is 2. The fraction of sp³-hybridized carbons (Fsp3) is 0. The molecule has 0 amide bonds. The fourth-order valence-corrected chi connectivity index (χ4v) is 8.83. The van der Waals surface area contributed by atoms with Crippen molar-refractivity contribution in [2.45, 2.75) is 0 Å². The third-order valence-corrected chi connectivity index (χ3v) is 11.1. The van der Waals surface area contributed by atoms with Crippen LogP contribution in [0.2, 0.25) is 0 Å². The zero-order valence-electron chi connectivity index (χ0n) is 29.5. The van der Waals surface area contributed by atoms with Gasteiger partial charge in [0.25, 0.3) is 0 Å². The van der Waals surface area contributed by atoms with E-state index in [-0.39, 0.29) is 0 Å². The maximum atomic E-state index is 10.2. The minimum Gasteiger partial charge on any atom is -0.309 e. The minimum atomic E-state index is 0.592. The summed E-state index contributed by atoms with van der Waals surface area (Å²) in [5, 5.41) is 27.2. The Bertz CT molecular complexity index is 3400. The largest absolute Gasteiger partial charge is 0.309 e. The first kappa shape index (κ1) is 30.7. The fourth-order valence-electron chi connectivity index (χ4n) is 8.83. The number of nitrogens with zero attached hydrogens (tertiary/aromatic N) is 5. The van der Waals surface area contributed by atoms with Crippen LogP contribution in [0.15, 0.2) is 176 Å². The van der Waals surface area contributed by atoms with Crippen LogP contribution in [0, 0.1) is 22.7 Å². The normalized spacial score (nSPS) is 11.6. The van der Waals surface area contributed by atoms with E-state index in [9.17, 15) is 10.5 Å². The molecule has 0 N–H and O–H groups in total. The Morgan fingerprint density at radius 2 is 0.909 bits per heavy atom. The van der Waals surface area contributed by atoms with E-state index in [1.807, 2.05) is 36.4 Å². The second-order valence-electron chi connectivity index (χ2n) is 14.0. The van der Waals surface area contributed by atoms with Gasteiger partial charge in [-0.05, 0) is 72.3 Å². The Balaban J connectivity index is 1.15. The van der Waals surface area contributed by atoms with Gasteiger partial charge in [-0.2, -0.15) is 10.5 Å². The van der Waals surface area contributed by atoms with E-state index in [1.165, 1.54) is 10.8 Å². The summed E-state index contributed by atoms with van der Waals surface area (Å²) in [4.78, 5) is 0. The maximum Gasteiger partial charge on any atom is 0.101 e. The summed E-state index contributed by atoms with van der Waals surface area (Å²) < 4.78 is 6.90. The Morgan fingerprint density at radius 1 is 0.382 bits per heavy atom. The summed E-state index contributed by atoms with van der Waals surface area (Å²) in [6.07, 6.45) is 0. The van der Waals surface area contributed by atoms with Crippen molar-refractivity contribution in [3.05, 3.63) is 187 Å². The second kappa shape index (κ2) is 11.8.